The second-order valence-electron chi connectivity index (χ2n) is 3.71. The summed E-state index contributed by atoms with van der Waals surface area (Å²) >= 11 is 4.12. The molecule has 0 aromatic carbocycles. The van der Waals surface area contributed by atoms with Gasteiger partial charge in [0.1, 0.15) is 0 Å². The minimum Gasteiger partial charge on any atom is -0.356 e. The number of carbonyl (C=O) groups excluding carboxylic acids is 2. The second kappa shape index (κ2) is 10.0. The third kappa shape index (κ3) is 7.11. The van der Waals surface area contributed by atoms with Crippen LogP contribution in [0, 0.1) is 0 Å². The van der Waals surface area contributed by atoms with Crippen LogP contribution in [-0.2, 0) is 9.59 Å². The molecule has 0 fully saturated rings. The van der Waals surface area contributed by atoms with Crippen LogP contribution >= 0.6 is 34.9 Å². The molecule has 9 heteroatoms. The molecule has 1 heterocycles. The van der Waals surface area contributed by atoms with Crippen LogP contribution in [0.5, 0.6) is 0 Å². The molecule has 0 aliphatic rings. The van der Waals surface area contributed by atoms with Crippen molar-refractivity contribution in [3.63, 3.8) is 0 Å². The standard InChI is InChI=1S/C11H18N4O2S3/c1-3-5-13-9(17)7-19-11-15-14-10(20-11)18-6-8(16)12-4-2/h3-7H2,1-2H3,(H,12,16)(H,13,17). The Labute approximate surface area is 130 Å². The summed E-state index contributed by atoms with van der Waals surface area (Å²) < 4.78 is 1.49. The largest absolute Gasteiger partial charge is 0.356 e. The summed E-state index contributed by atoms with van der Waals surface area (Å²) in [6.07, 6.45) is 0.926. The molecule has 2 N–H and O–H groups in total. The Kier molecular flexibility index (Phi) is 8.63. The van der Waals surface area contributed by atoms with Crippen molar-refractivity contribution in [2.24, 2.45) is 0 Å². The fraction of sp³-hybridized carbons (Fsp3) is 0.636. The maximum Gasteiger partial charge on any atom is 0.230 e. The Hall–Kier alpha value is -0.800. The van der Waals surface area contributed by atoms with Gasteiger partial charge in [0, 0.05) is 13.1 Å². The van der Waals surface area contributed by atoms with Crippen LogP contribution in [0.25, 0.3) is 0 Å². The topological polar surface area (TPSA) is 84.0 Å². The Morgan fingerprint density at radius 3 is 2.10 bits per heavy atom. The smallest absolute Gasteiger partial charge is 0.230 e. The van der Waals surface area contributed by atoms with Crippen molar-refractivity contribution in [1.29, 1.82) is 0 Å². The first-order valence-corrected chi connectivity index (χ1v) is 9.07. The zero-order chi connectivity index (χ0) is 14.8. The van der Waals surface area contributed by atoms with Crippen LogP contribution < -0.4 is 10.6 Å². The van der Waals surface area contributed by atoms with Crippen LogP contribution in [0.3, 0.4) is 0 Å². The quantitative estimate of drug-likeness (QED) is 0.664. The van der Waals surface area contributed by atoms with E-state index in [-0.39, 0.29) is 11.8 Å². The van der Waals surface area contributed by atoms with Crippen molar-refractivity contribution in [2.75, 3.05) is 24.6 Å². The lowest BCUT2D eigenvalue weighted by Gasteiger charge is -2.00. The summed E-state index contributed by atoms with van der Waals surface area (Å²) in [6.45, 7) is 5.22. The fourth-order valence-corrected chi connectivity index (χ4v) is 3.81. The molecule has 0 saturated carbocycles. The Bertz CT molecular complexity index is 439. The molecule has 1 rings (SSSR count). The van der Waals surface area contributed by atoms with Gasteiger partial charge in [0.15, 0.2) is 8.68 Å². The fourth-order valence-electron chi connectivity index (χ4n) is 1.13. The van der Waals surface area contributed by atoms with Crippen LogP contribution in [0.4, 0.5) is 0 Å². The highest BCUT2D eigenvalue weighted by atomic mass is 32.2. The van der Waals surface area contributed by atoms with Crippen molar-refractivity contribution in [2.45, 2.75) is 28.9 Å². The van der Waals surface area contributed by atoms with E-state index in [1.54, 1.807) is 0 Å². The van der Waals surface area contributed by atoms with E-state index in [1.807, 2.05) is 13.8 Å². The van der Waals surface area contributed by atoms with Crippen molar-refractivity contribution >= 4 is 46.7 Å². The van der Waals surface area contributed by atoms with Crippen molar-refractivity contribution in [3.05, 3.63) is 0 Å². The number of rotatable bonds is 9. The van der Waals surface area contributed by atoms with E-state index in [4.69, 9.17) is 0 Å². The first kappa shape index (κ1) is 17.3. The molecule has 0 atom stereocenters. The average Bonchev–Trinajstić information content (AvgIpc) is 2.89. The van der Waals surface area contributed by atoms with E-state index in [0.717, 1.165) is 15.1 Å². The van der Waals surface area contributed by atoms with E-state index >= 15 is 0 Å². The Morgan fingerprint density at radius 2 is 1.60 bits per heavy atom. The summed E-state index contributed by atoms with van der Waals surface area (Å²) in [5.74, 6) is 0.671. The highest BCUT2D eigenvalue weighted by Gasteiger charge is 2.09. The molecular formula is C11H18N4O2S3. The number of nitrogens with one attached hydrogen (secondary N) is 2. The lowest BCUT2D eigenvalue weighted by Crippen LogP contribution is -2.25. The van der Waals surface area contributed by atoms with Gasteiger partial charge < -0.3 is 10.6 Å². The molecule has 0 aliphatic carbocycles. The highest BCUT2D eigenvalue weighted by Crippen LogP contribution is 2.28. The molecular weight excluding hydrogens is 316 g/mol. The number of aromatic nitrogens is 2. The van der Waals surface area contributed by atoms with E-state index in [9.17, 15) is 9.59 Å². The first-order chi connectivity index (χ1) is 9.65. The summed E-state index contributed by atoms with van der Waals surface area (Å²) in [5.41, 5.74) is 0. The van der Waals surface area contributed by atoms with Gasteiger partial charge in [-0.05, 0) is 13.3 Å². The average molecular weight is 334 g/mol. The molecule has 2 amide bonds. The van der Waals surface area contributed by atoms with Crippen LogP contribution in [0.15, 0.2) is 8.68 Å². The van der Waals surface area contributed by atoms with Gasteiger partial charge in [0.05, 0.1) is 11.5 Å². The predicted octanol–water partition coefficient (Wildman–Crippen LogP) is 1.38. The molecule has 0 unspecified atom stereocenters. The minimum absolute atomic E-state index is 0.00331. The molecule has 0 saturated heterocycles. The molecule has 1 aromatic heterocycles. The molecule has 1 aromatic rings. The maximum atomic E-state index is 11.4. The zero-order valence-electron chi connectivity index (χ0n) is 11.5. The highest BCUT2D eigenvalue weighted by molar-refractivity contribution is 8.03. The van der Waals surface area contributed by atoms with Crippen LogP contribution in [-0.4, -0.2) is 46.6 Å². The van der Waals surface area contributed by atoms with Gasteiger partial charge in [-0.3, -0.25) is 9.59 Å². The third-order valence-electron chi connectivity index (χ3n) is 1.99. The first-order valence-electron chi connectivity index (χ1n) is 6.28. The summed E-state index contributed by atoms with van der Waals surface area (Å²) in [4.78, 5) is 22.7. The molecule has 6 nitrogen and oxygen atoms in total. The van der Waals surface area contributed by atoms with Crippen LogP contribution in [0.2, 0.25) is 0 Å². The van der Waals surface area contributed by atoms with E-state index < -0.39 is 0 Å². The molecule has 0 radical (unpaired) electrons. The number of amides is 2. The van der Waals surface area contributed by atoms with Crippen molar-refractivity contribution in [3.8, 4) is 0 Å². The summed E-state index contributed by atoms with van der Waals surface area (Å²) in [6, 6.07) is 0. The zero-order valence-corrected chi connectivity index (χ0v) is 13.9. The summed E-state index contributed by atoms with van der Waals surface area (Å²) in [5, 5.41) is 13.5. The molecule has 0 aliphatic heterocycles. The van der Waals surface area contributed by atoms with Crippen molar-refractivity contribution in [1.82, 2.24) is 20.8 Å². The summed E-state index contributed by atoms with van der Waals surface area (Å²) in [7, 11) is 0. The predicted molar refractivity (Wildman–Crippen MR) is 83.3 cm³/mol. The number of hydrogen-bond acceptors (Lipinski definition) is 7. The van der Waals surface area contributed by atoms with Gasteiger partial charge in [-0.1, -0.05) is 41.8 Å². The van der Waals surface area contributed by atoms with Gasteiger partial charge >= 0.3 is 0 Å². The van der Waals surface area contributed by atoms with E-state index in [0.29, 0.717) is 24.6 Å². The van der Waals surface area contributed by atoms with Gasteiger partial charge in [0.25, 0.3) is 0 Å². The number of hydrogen-bond donors (Lipinski definition) is 2. The number of nitrogens with zero attached hydrogens (tertiary/aromatic N) is 2. The number of carbonyl (C=O) groups is 2. The van der Waals surface area contributed by atoms with E-state index in [2.05, 4.69) is 20.8 Å². The third-order valence-corrected chi connectivity index (χ3v) is 5.18. The van der Waals surface area contributed by atoms with Crippen molar-refractivity contribution < 1.29 is 9.59 Å². The number of thioether (sulfide) groups is 2. The molecule has 112 valence electrons. The van der Waals surface area contributed by atoms with E-state index in [1.165, 1.54) is 34.9 Å². The van der Waals surface area contributed by atoms with Gasteiger partial charge in [-0.2, -0.15) is 0 Å². The molecule has 0 bridgehead atoms. The molecule has 0 spiro atoms. The van der Waals surface area contributed by atoms with Gasteiger partial charge in [-0.25, -0.2) is 0 Å². The monoisotopic (exact) mass is 334 g/mol. The lowest BCUT2D eigenvalue weighted by atomic mass is 10.5. The Morgan fingerprint density at radius 1 is 1.05 bits per heavy atom. The normalized spacial score (nSPS) is 10.3. The Balaban J connectivity index is 2.28. The molecule has 20 heavy (non-hydrogen) atoms. The van der Waals surface area contributed by atoms with Gasteiger partial charge in [0.2, 0.25) is 11.8 Å². The maximum absolute atomic E-state index is 11.4. The van der Waals surface area contributed by atoms with Crippen LogP contribution in [0.1, 0.15) is 20.3 Å². The lowest BCUT2D eigenvalue weighted by molar-refractivity contribution is -0.119. The minimum atomic E-state index is -0.0131. The SMILES string of the molecule is CCCNC(=O)CSc1nnc(SCC(=O)NCC)s1. The second-order valence-corrected chi connectivity index (χ2v) is 7.14. The van der Waals surface area contributed by atoms with Gasteiger partial charge in [-0.15, -0.1) is 10.2 Å².